The van der Waals surface area contributed by atoms with Gasteiger partial charge in [0.1, 0.15) is 5.82 Å². The first-order chi connectivity index (χ1) is 5.26. The normalized spacial score (nSPS) is 10.1. The Morgan fingerprint density at radius 2 is 2.18 bits per heavy atom. The minimum Gasteiger partial charge on any atom is -0.324 e. The van der Waals surface area contributed by atoms with Crippen LogP contribution in [0.4, 0.5) is 0 Å². The summed E-state index contributed by atoms with van der Waals surface area (Å²) in [7, 11) is 0. The van der Waals surface area contributed by atoms with Gasteiger partial charge >= 0.3 is 0 Å². The second-order valence-corrected chi connectivity index (χ2v) is 2.47. The molecule has 1 aromatic rings. The van der Waals surface area contributed by atoms with Crippen LogP contribution in [0.3, 0.4) is 0 Å². The lowest BCUT2D eigenvalue weighted by Gasteiger charge is -2.00. The minimum absolute atomic E-state index is 0.425. The lowest BCUT2D eigenvalue weighted by Crippen LogP contribution is -2.06. The Morgan fingerprint density at radius 3 is 2.73 bits per heavy atom. The molecule has 0 saturated heterocycles. The molecule has 0 radical (unpaired) electrons. The van der Waals surface area contributed by atoms with Gasteiger partial charge in [-0.05, 0) is 19.4 Å². The zero-order valence-corrected chi connectivity index (χ0v) is 6.96. The topological polar surface area (TPSA) is 51.8 Å². The van der Waals surface area contributed by atoms with Crippen molar-refractivity contribution in [2.75, 3.05) is 0 Å². The fraction of sp³-hybridized carbons (Fsp3) is 0.500. The summed E-state index contributed by atoms with van der Waals surface area (Å²) in [5.74, 6) is 0.738. The first-order valence-electron chi connectivity index (χ1n) is 3.79. The molecule has 2 N–H and O–H groups in total. The molecule has 1 rings (SSSR count). The molecule has 0 amide bonds. The molecule has 0 aliphatic heterocycles. The third-order valence-electron chi connectivity index (χ3n) is 1.50. The van der Waals surface area contributed by atoms with Crippen molar-refractivity contribution in [1.82, 2.24) is 9.97 Å². The van der Waals surface area contributed by atoms with Gasteiger partial charge in [0.05, 0.1) is 6.54 Å². The van der Waals surface area contributed by atoms with E-state index in [1.807, 2.05) is 13.0 Å². The van der Waals surface area contributed by atoms with Crippen molar-refractivity contribution in [2.24, 2.45) is 5.73 Å². The SMILES string of the molecule is CCc1cc(C)nc(CN)n1. The van der Waals surface area contributed by atoms with Crippen LogP contribution in [-0.2, 0) is 13.0 Å². The van der Waals surface area contributed by atoms with E-state index in [9.17, 15) is 0 Å². The minimum atomic E-state index is 0.425. The van der Waals surface area contributed by atoms with E-state index < -0.39 is 0 Å². The highest BCUT2D eigenvalue weighted by Gasteiger charge is 1.97. The maximum Gasteiger partial charge on any atom is 0.142 e. The number of hydrogen-bond acceptors (Lipinski definition) is 3. The van der Waals surface area contributed by atoms with Gasteiger partial charge < -0.3 is 5.73 Å². The summed E-state index contributed by atoms with van der Waals surface area (Å²) in [6.07, 6.45) is 0.941. The van der Waals surface area contributed by atoms with Crippen LogP contribution < -0.4 is 5.73 Å². The molecule has 0 atom stereocenters. The predicted octanol–water partition coefficient (Wildman–Crippen LogP) is 0.806. The Bertz CT molecular complexity index is 223. The Hall–Kier alpha value is -0.960. The maximum atomic E-state index is 5.42. The number of nitrogens with two attached hydrogens (primary N) is 1. The van der Waals surface area contributed by atoms with Crippen LogP contribution in [0.15, 0.2) is 6.07 Å². The number of rotatable bonds is 2. The fourth-order valence-corrected chi connectivity index (χ4v) is 0.972. The highest BCUT2D eigenvalue weighted by Crippen LogP contribution is 2.00. The third kappa shape index (κ3) is 1.98. The van der Waals surface area contributed by atoms with Crippen LogP contribution in [0.5, 0.6) is 0 Å². The molecule has 0 spiro atoms. The van der Waals surface area contributed by atoms with Gasteiger partial charge in [0, 0.05) is 11.4 Å². The van der Waals surface area contributed by atoms with Gasteiger partial charge in [-0.1, -0.05) is 6.92 Å². The van der Waals surface area contributed by atoms with Gasteiger partial charge in [-0.15, -0.1) is 0 Å². The van der Waals surface area contributed by atoms with E-state index in [1.165, 1.54) is 0 Å². The van der Waals surface area contributed by atoms with Crippen LogP contribution in [-0.4, -0.2) is 9.97 Å². The summed E-state index contributed by atoms with van der Waals surface area (Å²) in [6.45, 7) is 4.46. The molecule has 11 heavy (non-hydrogen) atoms. The van der Waals surface area contributed by atoms with Crippen LogP contribution in [0.1, 0.15) is 24.1 Å². The predicted molar refractivity (Wildman–Crippen MR) is 44.0 cm³/mol. The highest BCUT2D eigenvalue weighted by molar-refractivity contribution is 5.09. The van der Waals surface area contributed by atoms with Crippen molar-refractivity contribution in [3.8, 4) is 0 Å². The zero-order chi connectivity index (χ0) is 8.27. The molecule has 1 aromatic heterocycles. The van der Waals surface area contributed by atoms with Crippen LogP contribution >= 0.6 is 0 Å². The Labute approximate surface area is 66.7 Å². The molecule has 0 aliphatic carbocycles. The number of nitrogens with zero attached hydrogens (tertiary/aromatic N) is 2. The van der Waals surface area contributed by atoms with Gasteiger partial charge in [-0.2, -0.15) is 0 Å². The van der Waals surface area contributed by atoms with Crippen LogP contribution in [0.25, 0.3) is 0 Å². The molecule has 3 nitrogen and oxygen atoms in total. The highest BCUT2D eigenvalue weighted by atomic mass is 14.9. The summed E-state index contributed by atoms with van der Waals surface area (Å²) >= 11 is 0. The van der Waals surface area contributed by atoms with Crippen molar-refractivity contribution in [1.29, 1.82) is 0 Å². The molecular weight excluding hydrogens is 138 g/mol. The Kier molecular flexibility index (Phi) is 2.54. The fourth-order valence-electron chi connectivity index (χ4n) is 0.972. The Balaban J connectivity index is 3.02. The molecule has 60 valence electrons. The average molecular weight is 151 g/mol. The number of hydrogen-bond donors (Lipinski definition) is 1. The molecular formula is C8H13N3. The molecule has 0 fully saturated rings. The monoisotopic (exact) mass is 151 g/mol. The van der Waals surface area contributed by atoms with E-state index in [-0.39, 0.29) is 0 Å². The first-order valence-corrected chi connectivity index (χ1v) is 3.79. The second kappa shape index (κ2) is 3.44. The lowest BCUT2D eigenvalue weighted by molar-refractivity contribution is 0.852. The van der Waals surface area contributed by atoms with E-state index in [4.69, 9.17) is 5.73 Å². The molecule has 0 bridgehead atoms. The van der Waals surface area contributed by atoms with Gasteiger partial charge in [0.15, 0.2) is 0 Å². The van der Waals surface area contributed by atoms with Gasteiger partial charge in [0.25, 0.3) is 0 Å². The van der Waals surface area contributed by atoms with Crippen LogP contribution in [0, 0.1) is 6.92 Å². The van der Waals surface area contributed by atoms with Gasteiger partial charge in [0.2, 0.25) is 0 Å². The van der Waals surface area contributed by atoms with Crippen molar-refractivity contribution in [2.45, 2.75) is 26.8 Å². The molecule has 0 aliphatic rings. The molecule has 3 heteroatoms. The van der Waals surface area contributed by atoms with Crippen molar-refractivity contribution in [3.63, 3.8) is 0 Å². The molecule has 1 heterocycles. The third-order valence-corrected chi connectivity index (χ3v) is 1.50. The largest absolute Gasteiger partial charge is 0.324 e. The smallest absolute Gasteiger partial charge is 0.142 e. The van der Waals surface area contributed by atoms with E-state index in [0.717, 1.165) is 23.6 Å². The lowest BCUT2D eigenvalue weighted by atomic mass is 10.3. The summed E-state index contributed by atoms with van der Waals surface area (Å²) in [5, 5.41) is 0. The van der Waals surface area contributed by atoms with Crippen LogP contribution in [0.2, 0.25) is 0 Å². The van der Waals surface area contributed by atoms with E-state index in [0.29, 0.717) is 6.54 Å². The summed E-state index contributed by atoms with van der Waals surface area (Å²) in [5.41, 5.74) is 7.48. The summed E-state index contributed by atoms with van der Waals surface area (Å²) in [4.78, 5) is 8.40. The standard InChI is InChI=1S/C8H13N3/c1-3-7-4-6(2)10-8(5-9)11-7/h4H,3,5,9H2,1-2H3. The van der Waals surface area contributed by atoms with E-state index in [1.54, 1.807) is 0 Å². The average Bonchev–Trinajstić information content (AvgIpc) is 2.03. The van der Waals surface area contributed by atoms with Crippen molar-refractivity contribution < 1.29 is 0 Å². The van der Waals surface area contributed by atoms with E-state index in [2.05, 4.69) is 16.9 Å². The Morgan fingerprint density at radius 1 is 1.45 bits per heavy atom. The molecule has 0 unspecified atom stereocenters. The second-order valence-electron chi connectivity index (χ2n) is 2.47. The van der Waals surface area contributed by atoms with Crippen molar-refractivity contribution in [3.05, 3.63) is 23.3 Å². The van der Waals surface area contributed by atoms with Crippen molar-refractivity contribution >= 4 is 0 Å². The van der Waals surface area contributed by atoms with Gasteiger partial charge in [-0.25, -0.2) is 9.97 Å². The van der Waals surface area contributed by atoms with E-state index >= 15 is 0 Å². The molecule has 0 aromatic carbocycles. The molecule has 0 saturated carbocycles. The summed E-state index contributed by atoms with van der Waals surface area (Å²) < 4.78 is 0. The number of aromatic nitrogens is 2. The zero-order valence-electron chi connectivity index (χ0n) is 6.96. The first kappa shape index (κ1) is 8.14. The summed E-state index contributed by atoms with van der Waals surface area (Å²) in [6, 6.07) is 1.99. The van der Waals surface area contributed by atoms with Gasteiger partial charge in [-0.3, -0.25) is 0 Å². The maximum absolute atomic E-state index is 5.42. The quantitative estimate of drug-likeness (QED) is 0.680. The number of aryl methyl sites for hydroxylation is 2.